The molecule has 1 heterocycles. The Morgan fingerprint density at radius 2 is 2.07 bits per heavy atom. The Bertz CT molecular complexity index is 482. The molecule has 0 aliphatic rings. The molecule has 0 atom stereocenters. The van der Waals surface area contributed by atoms with E-state index in [2.05, 4.69) is 17.5 Å². The van der Waals surface area contributed by atoms with Crippen molar-refractivity contribution in [3.05, 3.63) is 35.2 Å². The number of hydrogen-bond acceptors (Lipinski definition) is 2. The molecule has 0 bridgehead atoms. The third-order valence-electron chi connectivity index (χ3n) is 2.57. The van der Waals surface area contributed by atoms with E-state index in [1.165, 1.54) is 15.6 Å². The zero-order valence-corrected chi connectivity index (χ0v) is 9.80. The fourth-order valence-corrected chi connectivity index (χ4v) is 2.52. The van der Waals surface area contributed by atoms with Gasteiger partial charge in [0.15, 0.2) is 0 Å². The van der Waals surface area contributed by atoms with Crippen molar-refractivity contribution in [3.8, 4) is 0 Å². The molecule has 0 radical (unpaired) electrons. The molecule has 78 valence electrons. The van der Waals surface area contributed by atoms with E-state index in [1.807, 2.05) is 26.0 Å². The Hall–Kier alpha value is -1.15. The van der Waals surface area contributed by atoms with E-state index in [4.69, 9.17) is 0 Å². The van der Waals surface area contributed by atoms with Gasteiger partial charge in [0, 0.05) is 17.0 Å². The minimum absolute atomic E-state index is 0.128. The molecular weight excluding hydrogens is 204 g/mol. The Morgan fingerprint density at radius 3 is 2.80 bits per heavy atom. The van der Waals surface area contributed by atoms with E-state index < -0.39 is 0 Å². The van der Waals surface area contributed by atoms with E-state index >= 15 is 0 Å². The van der Waals surface area contributed by atoms with Gasteiger partial charge in [-0.1, -0.05) is 32.0 Å². The number of ketones is 1. The van der Waals surface area contributed by atoms with Crippen LogP contribution in [0.25, 0.3) is 10.1 Å². The zero-order chi connectivity index (χ0) is 10.8. The summed E-state index contributed by atoms with van der Waals surface area (Å²) >= 11 is 1.72. The summed E-state index contributed by atoms with van der Waals surface area (Å²) in [5, 5.41) is 3.34. The summed E-state index contributed by atoms with van der Waals surface area (Å²) < 4.78 is 1.27. The third kappa shape index (κ3) is 2.10. The highest BCUT2D eigenvalue weighted by molar-refractivity contribution is 7.17. The average molecular weight is 218 g/mol. The second-order valence-electron chi connectivity index (χ2n) is 4.05. The molecular formula is C13H14OS. The fourth-order valence-electron chi connectivity index (χ4n) is 1.56. The molecule has 15 heavy (non-hydrogen) atoms. The van der Waals surface area contributed by atoms with Crippen LogP contribution in [0, 0.1) is 5.92 Å². The van der Waals surface area contributed by atoms with E-state index in [0.29, 0.717) is 12.2 Å². The third-order valence-corrected chi connectivity index (χ3v) is 3.58. The van der Waals surface area contributed by atoms with Crippen LogP contribution in [-0.2, 0) is 11.2 Å². The Labute approximate surface area is 93.7 Å². The summed E-state index contributed by atoms with van der Waals surface area (Å²) in [6, 6.07) is 8.25. The smallest absolute Gasteiger partial charge is 0.139 e. The average Bonchev–Trinajstić information content (AvgIpc) is 2.62. The lowest BCUT2D eigenvalue weighted by Crippen LogP contribution is -2.09. The number of fused-ring (bicyclic) bond motifs is 1. The maximum atomic E-state index is 11.7. The monoisotopic (exact) mass is 218 g/mol. The lowest BCUT2D eigenvalue weighted by atomic mass is 10.0. The van der Waals surface area contributed by atoms with Crippen molar-refractivity contribution < 1.29 is 4.79 Å². The van der Waals surface area contributed by atoms with Crippen LogP contribution in [0.1, 0.15) is 19.4 Å². The first-order valence-electron chi connectivity index (χ1n) is 5.16. The van der Waals surface area contributed by atoms with Crippen LogP contribution in [0.2, 0.25) is 0 Å². The lowest BCUT2D eigenvalue weighted by molar-refractivity contribution is -0.121. The number of hydrogen-bond donors (Lipinski definition) is 0. The topological polar surface area (TPSA) is 17.1 Å². The molecule has 0 unspecified atom stereocenters. The predicted molar refractivity (Wildman–Crippen MR) is 65.4 cm³/mol. The summed E-state index contributed by atoms with van der Waals surface area (Å²) in [5.74, 6) is 0.446. The highest BCUT2D eigenvalue weighted by Crippen LogP contribution is 2.26. The van der Waals surface area contributed by atoms with Crippen molar-refractivity contribution in [2.75, 3.05) is 0 Å². The lowest BCUT2D eigenvalue weighted by Gasteiger charge is -2.02. The molecule has 0 amide bonds. The molecule has 0 spiro atoms. The maximum absolute atomic E-state index is 11.7. The quantitative estimate of drug-likeness (QED) is 0.768. The van der Waals surface area contributed by atoms with Crippen LogP contribution in [0.4, 0.5) is 0 Å². The molecule has 2 heteroatoms. The summed E-state index contributed by atoms with van der Waals surface area (Å²) in [5.41, 5.74) is 1.18. The number of benzene rings is 1. The van der Waals surface area contributed by atoms with Gasteiger partial charge in [-0.25, -0.2) is 0 Å². The SMILES string of the molecule is CC(C)C(=O)Cc1csc2ccccc12. The zero-order valence-electron chi connectivity index (χ0n) is 8.99. The maximum Gasteiger partial charge on any atom is 0.139 e. The molecule has 0 aliphatic heterocycles. The second kappa shape index (κ2) is 4.15. The van der Waals surface area contributed by atoms with E-state index in [1.54, 1.807) is 11.3 Å². The minimum atomic E-state index is 0.128. The normalized spacial score (nSPS) is 11.1. The Kier molecular flexibility index (Phi) is 2.87. The first-order chi connectivity index (χ1) is 7.18. The van der Waals surface area contributed by atoms with Crippen molar-refractivity contribution in [2.24, 2.45) is 5.92 Å². The number of carbonyl (C=O) groups is 1. The summed E-state index contributed by atoms with van der Waals surface area (Å²) in [6.07, 6.45) is 0.571. The van der Waals surface area contributed by atoms with Crippen LogP contribution in [0.15, 0.2) is 29.6 Å². The molecule has 1 nitrogen and oxygen atoms in total. The van der Waals surface area contributed by atoms with Crippen LogP contribution in [0.3, 0.4) is 0 Å². The minimum Gasteiger partial charge on any atom is -0.299 e. The molecule has 0 aliphatic carbocycles. The first-order valence-corrected chi connectivity index (χ1v) is 6.04. The largest absolute Gasteiger partial charge is 0.299 e. The summed E-state index contributed by atoms with van der Waals surface area (Å²) in [7, 11) is 0. The molecule has 0 fully saturated rings. The Balaban J connectivity index is 2.33. The van der Waals surface area contributed by atoms with E-state index in [0.717, 1.165) is 0 Å². The predicted octanol–water partition coefficient (Wildman–Crippen LogP) is 3.67. The van der Waals surface area contributed by atoms with Gasteiger partial charge in [0.05, 0.1) is 0 Å². The highest BCUT2D eigenvalue weighted by Gasteiger charge is 2.11. The molecule has 2 rings (SSSR count). The van der Waals surface area contributed by atoms with Crippen LogP contribution < -0.4 is 0 Å². The van der Waals surface area contributed by atoms with Gasteiger partial charge in [0.2, 0.25) is 0 Å². The standard InChI is InChI=1S/C13H14OS/c1-9(2)12(14)7-10-8-15-13-6-4-3-5-11(10)13/h3-6,8-9H,7H2,1-2H3. The van der Waals surface area contributed by atoms with Gasteiger partial charge in [-0.15, -0.1) is 11.3 Å². The summed E-state index contributed by atoms with van der Waals surface area (Å²) in [4.78, 5) is 11.7. The molecule has 0 N–H and O–H groups in total. The molecule has 1 aromatic heterocycles. The molecule has 2 aromatic rings. The van der Waals surface area contributed by atoms with Crippen LogP contribution >= 0.6 is 11.3 Å². The van der Waals surface area contributed by atoms with Crippen LogP contribution in [0.5, 0.6) is 0 Å². The Morgan fingerprint density at radius 1 is 1.33 bits per heavy atom. The van der Waals surface area contributed by atoms with Crippen molar-refractivity contribution in [1.82, 2.24) is 0 Å². The van der Waals surface area contributed by atoms with Gasteiger partial charge < -0.3 is 0 Å². The van der Waals surface area contributed by atoms with Gasteiger partial charge in [-0.2, -0.15) is 0 Å². The fraction of sp³-hybridized carbons (Fsp3) is 0.308. The van der Waals surface area contributed by atoms with Gasteiger partial charge in [0.25, 0.3) is 0 Å². The first kappa shape index (κ1) is 10.4. The van der Waals surface area contributed by atoms with Gasteiger partial charge >= 0.3 is 0 Å². The van der Waals surface area contributed by atoms with E-state index in [9.17, 15) is 4.79 Å². The van der Waals surface area contributed by atoms with Crippen molar-refractivity contribution in [2.45, 2.75) is 20.3 Å². The van der Waals surface area contributed by atoms with Gasteiger partial charge in [0.1, 0.15) is 5.78 Å². The van der Waals surface area contributed by atoms with E-state index in [-0.39, 0.29) is 5.92 Å². The van der Waals surface area contributed by atoms with Crippen molar-refractivity contribution >= 4 is 27.2 Å². The molecule has 0 saturated carbocycles. The summed E-state index contributed by atoms with van der Waals surface area (Å²) in [6.45, 7) is 3.91. The van der Waals surface area contributed by atoms with Crippen molar-refractivity contribution in [1.29, 1.82) is 0 Å². The van der Waals surface area contributed by atoms with Crippen LogP contribution in [-0.4, -0.2) is 5.78 Å². The second-order valence-corrected chi connectivity index (χ2v) is 4.97. The number of rotatable bonds is 3. The number of carbonyl (C=O) groups excluding carboxylic acids is 1. The van der Waals surface area contributed by atoms with Gasteiger partial charge in [-0.3, -0.25) is 4.79 Å². The highest BCUT2D eigenvalue weighted by atomic mass is 32.1. The molecule has 0 saturated heterocycles. The van der Waals surface area contributed by atoms with Crippen molar-refractivity contribution in [3.63, 3.8) is 0 Å². The number of Topliss-reactive ketones (excluding diaryl/α,β-unsaturated/α-hetero) is 1. The number of thiophene rings is 1. The van der Waals surface area contributed by atoms with Gasteiger partial charge in [-0.05, 0) is 22.4 Å². The molecule has 1 aromatic carbocycles.